The zero-order valence-corrected chi connectivity index (χ0v) is 8.63. The van der Waals surface area contributed by atoms with Gasteiger partial charge in [0.2, 0.25) is 0 Å². The van der Waals surface area contributed by atoms with Gasteiger partial charge < -0.3 is 4.98 Å². The Morgan fingerprint density at radius 1 is 1.56 bits per heavy atom. The lowest BCUT2D eigenvalue weighted by atomic mass is 10.5. The van der Waals surface area contributed by atoms with Gasteiger partial charge in [-0.05, 0) is 51.2 Å². The number of aldehydes is 1. The second-order valence-electron chi connectivity index (χ2n) is 1.50. The van der Waals surface area contributed by atoms with Crippen LogP contribution >= 0.6 is 45.2 Å². The maximum atomic E-state index is 10.1. The Balaban J connectivity index is 3.11. The molecule has 0 amide bonds. The Bertz CT molecular complexity index is 211. The first-order valence-corrected chi connectivity index (χ1v) is 4.39. The summed E-state index contributed by atoms with van der Waals surface area (Å²) in [5.74, 6) is 0. The largest absolute Gasteiger partial charge is 0.347 e. The SMILES string of the molecule is O=Cc1cc(I)c(I)[nH]1. The monoisotopic (exact) mass is 347 g/mol. The second kappa shape index (κ2) is 3.00. The molecule has 9 heavy (non-hydrogen) atoms. The number of nitrogens with one attached hydrogen (secondary N) is 1. The van der Waals surface area contributed by atoms with Crippen molar-refractivity contribution in [2.45, 2.75) is 0 Å². The predicted molar refractivity (Wildman–Crippen MR) is 51.6 cm³/mol. The molecule has 1 N–H and O–H groups in total. The van der Waals surface area contributed by atoms with Crippen LogP contribution in [0.2, 0.25) is 0 Å². The molecule has 0 bridgehead atoms. The van der Waals surface area contributed by atoms with E-state index in [2.05, 4.69) is 50.2 Å². The topological polar surface area (TPSA) is 32.9 Å². The highest BCUT2D eigenvalue weighted by molar-refractivity contribution is 14.1. The normalized spacial score (nSPS) is 9.56. The van der Waals surface area contributed by atoms with Crippen LogP contribution in [0.1, 0.15) is 10.5 Å². The van der Waals surface area contributed by atoms with Crippen molar-refractivity contribution >= 4 is 51.5 Å². The molecular weight excluding hydrogens is 344 g/mol. The molecule has 1 aromatic heterocycles. The Kier molecular flexibility index (Phi) is 2.50. The van der Waals surface area contributed by atoms with E-state index in [1.165, 1.54) is 0 Å². The summed E-state index contributed by atoms with van der Waals surface area (Å²) in [6.07, 6.45) is 0.810. The first-order chi connectivity index (χ1) is 4.24. The number of aromatic amines is 1. The quantitative estimate of drug-likeness (QED) is 0.612. The van der Waals surface area contributed by atoms with Crippen LogP contribution in [-0.2, 0) is 0 Å². The zero-order valence-electron chi connectivity index (χ0n) is 4.32. The molecule has 1 heterocycles. The maximum Gasteiger partial charge on any atom is 0.166 e. The first kappa shape index (κ1) is 7.52. The van der Waals surface area contributed by atoms with Gasteiger partial charge in [-0.3, -0.25) is 4.79 Å². The minimum absolute atomic E-state index is 0.642. The summed E-state index contributed by atoms with van der Waals surface area (Å²) in [6.45, 7) is 0. The van der Waals surface area contributed by atoms with Gasteiger partial charge in [0.05, 0.1) is 9.39 Å². The van der Waals surface area contributed by atoms with Gasteiger partial charge in [-0.15, -0.1) is 0 Å². The number of rotatable bonds is 1. The maximum absolute atomic E-state index is 10.1. The van der Waals surface area contributed by atoms with E-state index in [1.807, 2.05) is 6.07 Å². The Labute approximate surface area is 79.7 Å². The minimum Gasteiger partial charge on any atom is -0.347 e. The van der Waals surface area contributed by atoms with E-state index in [9.17, 15) is 4.79 Å². The molecule has 2 nitrogen and oxygen atoms in total. The Morgan fingerprint density at radius 2 is 2.22 bits per heavy atom. The molecule has 0 aliphatic carbocycles. The molecule has 0 aliphatic heterocycles. The summed E-state index contributed by atoms with van der Waals surface area (Å²) >= 11 is 4.32. The molecule has 0 aromatic carbocycles. The van der Waals surface area contributed by atoms with Crippen molar-refractivity contribution in [2.24, 2.45) is 0 Å². The molecular formula is C5H3I2NO. The van der Waals surface area contributed by atoms with Crippen LogP contribution < -0.4 is 0 Å². The highest BCUT2D eigenvalue weighted by atomic mass is 127. The lowest BCUT2D eigenvalue weighted by Crippen LogP contribution is -1.76. The third-order valence-electron chi connectivity index (χ3n) is 0.873. The van der Waals surface area contributed by atoms with Gasteiger partial charge in [0.15, 0.2) is 6.29 Å². The molecule has 0 radical (unpaired) electrons. The minimum atomic E-state index is 0.642. The van der Waals surface area contributed by atoms with Crippen LogP contribution in [0.5, 0.6) is 0 Å². The average molecular weight is 347 g/mol. The van der Waals surface area contributed by atoms with E-state index in [0.717, 1.165) is 13.6 Å². The average Bonchev–Trinajstić information content (AvgIpc) is 2.13. The summed E-state index contributed by atoms with van der Waals surface area (Å²) in [5, 5.41) is 0. The number of hydrogen-bond acceptors (Lipinski definition) is 1. The van der Waals surface area contributed by atoms with Crippen LogP contribution in [0.15, 0.2) is 6.07 Å². The number of aromatic nitrogens is 1. The van der Waals surface area contributed by atoms with E-state index in [1.54, 1.807) is 0 Å². The van der Waals surface area contributed by atoms with Crippen LogP contribution in [0.3, 0.4) is 0 Å². The summed E-state index contributed by atoms with van der Waals surface area (Å²) in [5.41, 5.74) is 0.642. The lowest BCUT2D eigenvalue weighted by molar-refractivity contribution is 0.111. The molecule has 0 saturated carbocycles. The smallest absolute Gasteiger partial charge is 0.166 e. The van der Waals surface area contributed by atoms with Crippen LogP contribution in [0.25, 0.3) is 0 Å². The van der Waals surface area contributed by atoms with Crippen molar-refractivity contribution in [3.63, 3.8) is 0 Å². The molecule has 0 unspecified atom stereocenters. The zero-order chi connectivity index (χ0) is 6.85. The van der Waals surface area contributed by atoms with Crippen LogP contribution in [-0.4, -0.2) is 11.3 Å². The standard InChI is InChI=1S/C5H3I2NO/c6-4-1-3(2-9)8-5(4)7/h1-2,8H. The van der Waals surface area contributed by atoms with Crippen LogP contribution in [0.4, 0.5) is 0 Å². The fourth-order valence-corrected chi connectivity index (χ4v) is 1.42. The summed E-state index contributed by atoms with van der Waals surface area (Å²) in [7, 11) is 0. The van der Waals surface area contributed by atoms with Gasteiger partial charge in [-0.2, -0.15) is 0 Å². The van der Waals surface area contributed by atoms with Crippen molar-refractivity contribution in [3.05, 3.63) is 19.0 Å². The van der Waals surface area contributed by atoms with Gasteiger partial charge in [0.1, 0.15) is 0 Å². The van der Waals surface area contributed by atoms with Gasteiger partial charge in [-0.25, -0.2) is 0 Å². The summed E-state index contributed by atoms with van der Waals surface area (Å²) < 4.78 is 2.12. The molecule has 0 spiro atoms. The third kappa shape index (κ3) is 1.66. The fraction of sp³-hybridized carbons (Fsp3) is 0. The highest BCUT2D eigenvalue weighted by Gasteiger charge is 1.99. The van der Waals surface area contributed by atoms with Crippen molar-refractivity contribution < 1.29 is 4.79 Å². The second-order valence-corrected chi connectivity index (χ2v) is 3.75. The molecule has 1 rings (SSSR count). The van der Waals surface area contributed by atoms with Gasteiger partial charge in [0.25, 0.3) is 0 Å². The third-order valence-corrected chi connectivity index (χ3v) is 3.61. The lowest BCUT2D eigenvalue weighted by Gasteiger charge is -1.77. The molecule has 0 aliphatic rings. The number of halogens is 2. The molecule has 48 valence electrons. The molecule has 4 heteroatoms. The van der Waals surface area contributed by atoms with Gasteiger partial charge in [0, 0.05) is 3.57 Å². The van der Waals surface area contributed by atoms with E-state index >= 15 is 0 Å². The Morgan fingerprint density at radius 3 is 2.44 bits per heavy atom. The summed E-state index contributed by atoms with van der Waals surface area (Å²) in [6, 6.07) is 1.81. The Hall–Kier alpha value is 0.410. The van der Waals surface area contributed by atoms with Crippen LogP contribution in [0, 0.1) is 7.27 Å². The molecule has 1 aromatic rings. The number of hydrogen-bond donors (Lipinski definition) is 1. The van der Waals surface area contributed by atoms with Gasteiger partial charge >= 0.3 is 0 Å². The van der Waals surface area contributed by atoms with Crippen molar-refractivity contribution in [1.82, 2.24) is 4.98 Å². The van der Waals surface area contributed by atoms with E-state index < -0.39 is 0 Å². The van der Waals surface area contributed by atoms with Crippen molar-refractivity contribution in [1.29, 1.82) is 0 Å². The number of carbonyl (C=O) groups is 1. The molecule has 0 saturated heterocycles. The van der Waals surface area contributed by atoms with Crippen molar-refractivity contribution in [3.8, 4) is 0 Å². The highest BCUT2D eigenvalue weighted by Crippen LogP contribution is 2.13. The van der Waals surface area contributed by atoms with Gasteiger partial charge in [-0.1, -0.05) is 0 Å². The number of carbonyl (C=O) groups excluding carboxylic acids is 1. The van der Waals surface area contributed by atoms with E-state index in [4.69, 9.17) is 0 Å². The number of H-pyrrole nitrogens is 1. The van der Waals surface area contributed by atoms with Crippen molar-refractivity contribution in [2.75, 3.05) is 0 Å². The summed E-state index contributed by atoms with van der Waals surface area (Å²) in [4.78, 5) is 13.0. The van der Waals surface area contributed by atoms with E-state index in [0.29, 0.717) is 5.69 Å². The molecule has 0 atom stereocenters. The predicted octanol–water partition coefficient (Wildman–Crippen LogP) is 2.04. The molecule has 0 fully saturated rings. The fourth-order valence-electron chi connectivity index (χ4n) is 0.486. The van der Waals surface area contributed by atoms with E-state index in [-0.39, 0.29) is 0 Å². The first-order valence-electron chi connectivity index (χ1n) is 2.23.